The van der Waals surface area contributed by atoms with E-state index in [1.165, 1.54) is 0 Å². The number of hydrogen-bond donors (Lipinski definition) is 0. The number of carbonyl (C=O) groups is 3. The predicted octanol–water partition coefficient (Wildman–Crippen LogP) is -11.9. The van der Waals surface area contributed by atoms with Crippen molar-refractivity contribution in [3.8, 4) is 0 Å². The molecule has 16 heavy (non-hydrogen) atoms. The third-order valence-electron chi connectivity index (χ3n) is 1.23. The van der Waals surface area contributed by atoms with Crippen LogP contribution < -0.4 is 79.5 Å². The molecule has 0 fully saturated rings. The van der Waals surface area contributed by atoms with E-state index in [1.807, 2.05) is 0 Å². The minimum atomic E-state index is -3.22. The molecule has 0 aromatic rings. The first kappa shape index (κ1) is 25.7. The van der Waals surface area contributed by atoms with Gasteiger partial charge in [0.15, 0.2) is 0 Å². The fourth-order valence-corrected chi connectivity index (χ4v) is 0.673. The number of hydrogen-bond acceptors (Lipinski definition) is 7. The summed E-state index contributed by atoms with van der Waals surface area (Å²) in [6.07, 6.45) is -2.94. The summed E-state index contributed by atoms with van der Waals surface area (Å²) in [5.41, 5.74) is -3.22. The molecule has 1 radical (unpaired) electrons. The zero-order valence-corrected chi connectivity index (χ0v) is 13.5. The maximum Gasteiger partial charge on any atom is 2.00 e. The van der Waals surface area contributed by atoms with Gasteiger partial charge in [-0.25, -0.2) is 0 Å². The summed E-state index contributed by atoms with van der Waals surface area (Å²) >= 11 is 0. The van der Waals surface area contributed by atoms with Gasteiger partial charge in [-0.1, -0.05) is 5.60 Å². The van der Waals surface area contributed by atoms with E-state index in [2.05, 4.69) is 0 Å². The molecule has 0 aromatic carbocycles. The third-order valence-corrected chi connectivity index (χ3v) is 1.23. The molecule has 0 aromatic heterocycles. The molecule has 0 aliphatic heterocycles. The van der Waals surface area contributed by atoms with Crippen molar-refractivity contribution in [1.82, 2.24) is 0 Å². The van der Waals surface area contributed by atoms with Crippen LogP contribution in [0.25, 0.3) is 0 Å². The maximum atomic E-state index is 10.9. The Labute approximate surface area is 146 Å². The van der Waals surface area contributed by atoms with Gasteiger partial charge in [-0.2, -0.15) is 0 Å². The zero-order chi connectivity index (χ0) is 10.6. The van der Waals surface area contributed by atoms with Crippen molar-refractivity contribution in [3.05, 3.63) is 0 Å². The van der Waals surface area contributed by atoms with Crippen molar-refractivity contribution in [3.63, 3.8) is 0 Å². The number of carbonyl (C=O) groups excluding carboxylic acids is 3. The molecule has 0 amide bonds. The van der Waals surface area contributed by atoms with Crippen molar-refractivity contribution in [2.24, 2.45) is 0 Å². The van der Waals surface area contributed by atoms with E-state index in [0.29, 0.717) is 0 Å². The van der Waals surface area contributed by atoms with Gasteiger partial charge in [0.1, 0.15) is 0 Å². The second-order valence-electron chi connectivity index (χ2n) is 2.38. The summed E-state index contributed by atoms with van der Waals surface area (Å²) in [5.74, 6) is -6.22. The normalized spacial score (nSPS) is 8.81. The van der Waals surface area contributed by atoms with Crippen molar-refractivity contribution in [1.29, 1.82) is 0 Å². The van der Waals surface area contributed by atoms with Crippen LogP contribution in [0.15, 0.2) is 0 Å². The third kappa shape index (κ3) is 10.1. The maximum absolute atomic E-state index is 10.9. The molecule has 0 aliphatic rings. The van der Waals surface area contributed by atoms with Gasteiger partial charge in [-0.05, 0) is 12.8 Å². The fraction of sp³-hybridized carbons (Fsp3) is 0.500. The summed E-state index contributed by atoms with van der Waals surface area (Å²) in [5, 5.41) is 40.8. The monoisotopic (exact) mass is 297 g/mol. The molecule has 0 aliphatic carbocycles. The Morgan fingerprint density at radius 3 is 1.25 bits per heavy atom. The van der Waals surface area contributed by atoms with Crippen LogP contribution >= 0.6 is 0 Å². The van der Waals surface area contributed by atoms with Crippen LogP contribution in [0.3, 0.4) is 0 Å². The van der Waals surface area contributed by atoms with Crippen molar-refractivity contribution < 1.29 is 111 Å². The molecule has 0 atom stereocenters. The average Bonchev–Trinajstić information content (AvgIpc) is 1.82. The molecule has 0 heterocycles. The van der Waals surface area contributed by atoms with Gasteiger partial charge in [0.2, 0.25) is 0 Å². The van der Waals surface area contributed by atoms with Gasteiger partial charge in [-0.15, -0.1) is 0 Å². The number of aliphatic carboxylic acids is 3. The SMILES string of the molecule is O=C([O-])CC([O-])(CC(=O)[O-])C(=O)[O-].[Cu+2].[Na+].[Na+]. The van der Waals surface area contributed by atoms with Gasteiger partial charge in [0.05, 0.1) is 0 Å². The van der Waals surface area contributed by atoms with E-state index in [4.69, 9.17) is 0 Å². The largest absolute Gasteiger partial charge is 2.00 e. The van der Waals surface area contributed by atoms with Gasteiger partial charge < -0.3 is 34.8 Å². The quantitative estimate of drug-likeness (QED) is 0.458. The van der Waals surface area contributed by atoms with Gasteiger partial charge in [0, 0.05) is 17.9 Å². The van der Waals surface area contributed by atoms with Gasteiger partial charge in [-0.3, -0.25) is 0 Å². The standard InChI is InChI=1S/C6H7O7.Cu.2Na/c7-3(8)1-6(13,5(11)12)2-4(9)10;;;/h1-2H2,(H,7,8)(H,9,10)(H,11,12);;;/q-1;+2;2*+1/p-3. The van der Waals surface area contributed by atoms with Crippen LogP contribution in [-0.2, 0) is 31.5 Å². The summed E-state index contributed by atoms with van der Waals surface area (Å²) in [6.45, 7) is 0. The molecule has 83 valence electrons. The van der Waals surface area contributed by atoms with Crippen molar-refractivity contribution in [2.45, 2.75) is 18.4 Å². The molecule has 0 saturated carbocycles. The Hall–Kier alpha value is 0.889. The zero-order valence-electron chi connectivity index (χ0n) is 8.57. The topological polar surface area (TPSA) is 143 Å². The Morgan fingerprint density at radius 2 is 1.12 bits per heavy atom. The second-order valence-corrected chi connectivity index (χ2v) is 2.38. The first-order valence-corrected chi connectivity index (χ1v) is 3.09. The van der Waals surface area contributed by atoms with Crippen molar-refractivity contribution >= 4 is 17.9 Å². The molecular formula is C6H4CuNa2O7. The van der Waals surface area contributed by atoms with Crippen LogP contribution in [0.1, 0.15) is 12.8 Å². The van der Waals surface area contributed by atoms with E-state index in [1.54, 1.807) is 0 Å². The van der Waals surface area contributed by atoms with Crippen LogP contribution in [0.2, 0.25) is 0 Å². The van der Waals surface area contributed by atoms with Gasteiger partial charge >= 0.3 is 76.2 Å². The van der Waals surface area contributed by atoms with Crippen LogP contribution in [0.5, 0.6) is 0 Å². The number of carboxylic acid groups (broad SMARTS) is 3. The van der Waals surface area contributed by atoms with Crippen LogP contribution in [0, 0.1) is 0 Å². The molecule has 0 unspecified atom stereocenters. The summed E-state index contributed by atoms with van der Waals surface area (Å²) in [4.78, 5) is 29.9. The Morgan fingerprint density at radius 1 is 0.875 bits per heavy atom. The smallest absolute Gasteiger partial charge is 0.845 e. The summed E-state index contributed by atoms with van der Waals surface area (Å²) in [6, 6.07) is 0. The van der Waals surface area contributed by atoms with E-state index < -0.39 is 36.4 Å². The molecule has 0 saturated heterocycles. The Kier molecular flexibility index (Phi) is 17.7. The van der Waals surface area contributed by atoms with E-state index in [-0.39, 0.29) is 76.2 Å². The first-order valence-electron chi connectivity index (χ1n) is 3.09. The van der Waals surface area contributed by atoms with Gasteiger partial charge in [0.25, 0.3) is 0 Å². The second kappa shape index (κ2) is 11.0. The molecule has 0 spiro atoms. The predicted molar refractivity (Wildman–Crippen MR) is 27.0 cm³/mol. The molecule has 0 bridgehead atoms. The number of carboxylic acids is 3. The summed E-state index contributed by atoms with van der Waals surface area (Å²) < 4.78 is 0. The molecule has 7 nitrogen and oxygen atoms in total. The molecule has 0 N–H and O–H groups in total. The molecular weight excluding hydrogens is 294 g/mol. The van der Waals surface area contributed by atoms with Crippen molar-refractivity contribution in [2.75, 3.05) is 0 Å². The van der Waals surface area contributed by atoms with Crippen LogP contribution in [-0.4, -0.2) is 23.5 Å². The minimum absolute atomic E-state index is 0. The average molecular weight is 298 g/mol. The van der Waals surface area contributed by atoms with E-state index in [0.717, 1.165) is 0 Å². The van der Waals surface area contributed by atoms with Crippen LogP contribution in [0.4, 0.5) is 0 Å². The fourth-order valence-electron chi connectivity index (χ4n) is 0.673. The molecule has 10 heteroatoms. The molecule has 0 rings (SSSR count). The number of rotatable bonds is 5. The summed E-state index contributed by atoms with van der Waals surface area (Å²) in [7, 11) is 0. The van der Waals surface area contributed by atoms with E-state index >= 15 is 0 Å². The Bertz CT molecular complexity index is 241. The minimum Gasteiger partial charge on any atom is -0.845 e. The Balaban J connectivity index is -0.000000240. The first-order chi connectivity index (χ1) is 5.78. The van der Waals surface area contributed by atoms with E-state index in [9.17, 15) is 34.8 Å².